The summed E-state index contributed by atoms with van der Waals surface area (Å²) in [5.41, 5.74) is 2.36. The van der Waals surface area contributed by atoms with E-state index in [0.29, 0.717) is 11.7 Å². The minimum atomic E-state index is 0.411. The van der Waals surface area contributed by atoms with Crippen molar-refractivity contribution in [2.75, 3.05) is 0 Å². The smallest absolute Gasteiger partial charge is 0.132 e. The molecule has 0 unspecified atom stereocenters. The van der Waals surface area contributed by atoms with Crippen LogP contribution in [0.1, 0.15) is 43.0 Å². The first-order chi connectivity index (χ1) is 6.66. The molecule has 0 aliphatic heterocycles. The Morgan fingerprint density at radius 1 is 1.43 bits per heavy atom. The quantitative estimate of drug-likeness (QED) is 0.681. The number of hydrogen-bond acceptors (Lipinski definition) is 2. The van der Waals surface area contributed by atoms with Gasteiger partial charge in [-0.05, 0) is 25.8 Å². The second kappa shape index (κ2) is 3.56. The molecule has 76 valence electrons. The molecule has 3 heteroatoms. The number of hydrogen-bond donors (Lipinski definition) is 0. The predicted octanol–water partition coefficient (Wildman–Crippen LogP) is 1.96. The van der Waals surface area contributed by atoms with E-state index in [-0.39, 0.29) is 0 Å². The number of carbonyl (C=O) groups excluding carboxylic acids is 1. The number of rotatable bonds is 1. The number of nitrogens with zero attached hydrogens (tertiary/aromatic N) is 2. The highest BCUT2D eigenvalue weighted by atomic mass is 16.1. The molecule has 1 heterocycles. The SMILES string of the molecule is Cc1cc(C2CCC(=O)CC2)nn1C. The van der Waals surface area contributed by atoms with Crippen LogP contribution in [-0.4, -0.2) is 15.6 Å². The molecule has 0 spiro atoms. The Morgan fingerprint density at radius 2 is 2.07 bits per heavy atom. The van der Waals surface area contributed by atoms with Gasteiger partial charge in [-0.1, -0.05) is 0 Å². The van der Waals surface area contributed by atoms with Crippen LogP contribution in [0.4, 0.5) is 0 Å². The number of aryl methyl sites for hydroxylation is 2. The molecule has 1 aliphatic rings. The minimum absolute atomic E-state index is 0.411. The van der Waals surface area contributed by atoms with Gasteiger partial charge in [0, 0.05) is 31.5 Å². The number of Topliss-reactive ketones (excluding diaryl/α,β-unsaturated/α-hetero) is 1. The summed E-state index contributed by atoms with van der Waals surface area (Å²) >= 11 is 0. The van der Waals surface area contributed by atoms with E-state index in [4.69, 9.17) is 0 Å². The molecule has 0 amide bonds. The highest BCUT2D eigenvalue weighted by Crippen LogP contribution is 2.30. The summed E-state index contributed by atoms with van der Waals surface area (Å²) in [4.78, 5) is 11.1. The first-order valence-electron chi connectivity index (χ1n) is 5.19. The van der Waals surface area contributed by atoms with Crippen LogP contribution in [0.3, 0.4) is 0 Å². The van der Waals surface area contributed by atoms with Crippen molar-refractivity contribution < 1.29 is 4.79 Å². The van der Waals surface area contributed by atoms with Gasteiger partial charge in [0.1, 0.15) is 5.78 Å². The van der Waals surface area contributed by atoms with Gasteiger partial charge in [0.25, 0.3) is 0 Å². The van der Waals surface area contributed by atoms with Crippen LogP contribution in [0.5, 0.6) is 0 Å². The normalized spacial score (nSPS) is 18.9. The van der Waals surface area contributed by atoms with Crippen LogP contribution in [0.2, 0.25) is 0 Å². The van der Waals surface area contributed by atoms with E-state index >= 15 is 0 Å². The zero-order chi connectivity index (χ0) is 10.1. The van der Waals surface area contributed by atoms with Crippen LogP contribution >= 0.6 is 0 Å². The lowest BCUT2D eigenvalue weighted by Crippen LogP contribution is -2.12. The van der Waals surface area contributed by atoms with E-state index in [1.807, 2.05) is 11.7 Å². The third kappa shape index (κ3) is 1.72. The van der Waals surface area contributed by atoms with Crippen LogP contribution in [0.25, 0.3) is 0 Å². The van der Waals surface area contributed by atoms with Gasteiger partial charge in [0.2, 0.25) is 0 Å². The van der Waals surface area contributed by atoms with E-state index in [9.17, 15) is 4.79 Å². The van der Waals surface area contributed by atoms with Crippen molar-refractivity contribution in [3.63, 3.8) is 0 Å². The maximum atomic E-state index is 11.1. The molecule has 3 nitrogen and oxygen atoms in total. The van der Waals surface area contributed by atoms with E-state index in [1.165, 1.54) is 5.69 Å². The van der Waals surface area contributed by atoms with Gasteiger partial charge < -0.3 is 0 Å². The Hall–Kier alpha value is -1.12. The van der Waals surface area contributed by atoms with Crippen LogP contribution < -0.4 is 0 Å². The molecule has 1 aliphatic carbocycles. The van der Waals surface area contributed by atoms with Gasteiger partial charge in [0.05, 0.1) is 5.69 Å². The fourth-order valence-electron chi connectivity index (χ4n) is 2.02. The van der Waals surface area contributed by atoms with E-state index in [0.717, 1.165) is 31.4 Å². The summed E-state index contributed by atoms with van der Waals surface area (Å²) in [5.74, 6) is 0.918. The number of carbonyl (C=O) groups is 1. The standard InChI is InChI=1S/C11H16N2O/c1-8-7-11(12-13(8)2)9-3-5-10(14)6-4-9/h7,9H,3-6H2,1-2H3. The summed E-state index contributed by atoms with van der Waals surface area (Å²) in [6.07, 6.45) is 3.44. The summed E-state index contributed by atoms with van der Waals surface area (Å²) in [6, 6.07) is 2.14. The molecule has 1 fully saturated rings. The average Bonchev–Trinajstić information content (AvgIpc) is 2.48. The molecule has 0 N–H and O–H groups in total. The Kier molecular flexibility index (Phi) is 2.40. The van der Waals surface area contributed by atoms with E-state index in [1.54, 1.807) is 0 Å². The lowest BCUT2D eigenvalue weighted by Gasteiger charge is -2.18. The zero-order valence-electron chi connectivity index (χ0n) is 8.79. The van der Waals surface area contributed by atoms with Crippen molar-refractivity contribution in [2.45, 2.75) is 38.5 Å². The van der Waals surface area contributed by atoms with Gasteiger partial charge in [-0.3, -0.25) is 9.48 Å². The Morgan fingerprint density at radius 3 is 2.57 bits per heavy atom. The van der Waals surface area contributed by atoms with Crippen molar-refractivity contribution in [2.24, 2.45) is 7.05 Å². The van der Waals surface area contributed by atoms with Crippen LogP contribution in [0.15, 0.2) is 6.07 Å². The molecule has 0 radical (unpaired) electrons. The predicted molar refractivity (Wildman–Crippen MR) is 54.2 cm³/mol. The van der Waals surface area contributed by atoms with Gasteiger partial charge in [-0.25, -0.2) is 0 Å². The fourth-order valence-corrected chi connectivity index (χ4v) is 2.02. The van der Waals surface area contributed by atoms with Gasteiger partial charge in [-0.2, -0.15) is 5.10 Å². The van der Waals surface area contributed by atoms with Crippen molar-refractivity contribution in [1.82, 2.24) is 9.78 Å². The lowest BCUT2D eigenvalue weighted by atomic mass is 9.86. The first kappa shape index (κ1) is 9.44. The maximum Gasteiger partial charge on any atom is 0.132 e. The third-order valence-corrected chi connectivity index (χ3v) is 3.09. The molecular formula is C11H16N2O. The lowest BCUT2D eigenvalue weighted by molar-refractivity contribution is -0.120. The molecule has 1 aromatic heterocycles. The highest BCUT2D eigenvalue weighted by molar-refractivity contribution is 5.79. The van der Waals surface area contributed by atoms with E-state index < -0.39 is 0 Å². The Balaban J connectivity index is 2.12. The summed E-state index contributed by atoms with van der Waals surface area (Å²) in [5, 5.41) is 4.46. The second-order valence-corrected chi connectivity index (χ2v) is 4.15. The van der Waals surface area contributed by atoms with Gasteiger partial charge in [0.15, 0.2) is 0 Å². The van der Waals surface area contributed by atoms with E-state index in [2.05, 4.69) is 18.1 Å². The maximum absolute atomic E-state index is 11.1. The molecule has 0 aromatic carbocycles. The first-order valence-corrected chi connectivity index (χ1v) is 5.19. The molecule has 1 aromatic rings. The van der Waals surface area contributed by atoms with Gasteiger partial charge >= 0.3 is 0 Å². The molecule has 2 rings (SSSR count). The van der Waals surface area contributed by atoms with Crippen molar-refractivity contribution in [1.29, 1.82) is 0 Å². The molecule has 1 saturated carbocycles. The van der Waals surface area contributed by atoms with Crippen LogP contribution in [-0.2, 0) is 11.8 Å². The summed E-state index contributed by atoms with van der Waals surface area (Å²) in [7, 11) is 1.97. The Labute approximate surface area is 84.1 Å². The average molecular weight is 192 g/mol. The van der Waals surface area contributed by atoms with Crippen molar-refractivity contribution >= 4 is 5.78 Å². The minimum Gasteiger partial charge on any atom is -0.300 e. The van der Waals surface area contributed by atoms with Crippen LogP contribution in [0, 0.1) is 6.92 Å². The summed E-state index contributed by atoms with van der Waals surface area (Å²) < 4.78 is 1.91. The van der Waals surface area contributed by atoms with Gasteiger partial charge in [-0.15, -0.1) is 0 Å². The Bertz CT molecular complexity index is 325. The second-order valence-electron chi connectivity index (χ2n) is 4.15. The molecule has 14 heavy (non-hydrogen) atoms. The van der Waals surface area contributed by atoms with Crippen molar-refractivity contribution in [3.05, 3.63) is 17.5 Å². The highest BCUT2D eigenvalue weighted by Gasteiger charge is 2.22. The molecular weight excluding hydrogens is 176 g/mol. The third-order valence-electron chi connectivity index (χ3n) is 3.09. The number of ketones is 1. The molecule has 0 atom stereocenters. The van der Waals surface area contributed by atoms with Crippen molar-refractivity contribution in [3.8, 4) is 0 Å². The monoisotopic (exact) mass is 192 g/mol. The zero-order valence-corrected chi connectivity index (χ0v) is 8.79. The number of aromatic nitrogens is 2. The fraction of sp³-hybridized carbons (Fsp3) is 0.636. The molecule has 0 saturated heterocycles. The topological polar surface area (TPSA) is 34.9 Å². The molecule has 0 bridgehead atoms. The largest absolute Gasteiger partial charge is 0.300 e. The summed E-state index contributed by atoms with van der Waals surface area (Å²) in [6.45, 7) is 2.06.